The zero-order chi connectivity index (χ0) is 20.1. The van der Waals surface area contributed by atoms with Crippen molar-refractivity contribution in [2.45, 2.75) is 32.0 Å². The first kappa shape index (κ1) is 23.0. The molecule has 1 aromatic carbocycles. The van der Waals surface area contributed by atoms with Crippen molar-refractivity contribution in [3.05, 3.63) is 41.2 Å². The lowest BCUT2D eigenvalue weighted by molar-refractivity contribution is -0.137. The van der Waals surface area contributed by atoms with Gasteiger partial charge in [0, 0.05) is 0 Å². The molecule has 1 amide bonds. The Bertz CT molecular complexity index is 822. The Morgan fingerprint density at radius 2 is 2.07 bits per heavy atom. The first-order chi connectivity index (χ1) is 13.4. The SMILES string of the molecule is Cc1c(C(=O)NCCOc2cccc(C(F)(F)F)c2)nnn1C1CCNCC1.Cl. The minimum atomic E-state index is -4.43. The molecule has 1 aromatic heterocycles. The lowest BCUT2D eigenvalue weighted by atomic mass is 10.1. The van der Waals surface area contributed by atoms with Gasteiger partial charge in [0.25, 0.3) is 5.91 Å². The van der Waals surface area contributed by atoms with Gasteiger partial charge in [-0.1, -0.05) is 11.3 Å². The van der Waals surface area contributed by atoms with Gasteiger partial charge in [-0.05, 0) is 51.1 Å². The highest BCUT2D eigenvalue weighted by Crippen LogP contribution is 2.31. The number of benzene rings is 1. The van der Waals surface area contributed by atoms with E-state index in [4.69, 9.17) is 4.74 Å². The fourth-order valence-electron chi connectivity index (χ4n) is 3.13. The summed E-state index contributed by atoms with van der Waals surface area (Å²) in [6.07, 6.45) is -2.57. The van der Waals surface area contributed by atoms with Crippen LogP contribution in [0, 0.1) is 6.92 Å². The minimum Gasteiger partial charge on any atom is -0.492 e. The van der Waals surface area contributed by atoms with Gasteiger partial charge in [-0.15, -0.1) is 17.5 Å². The first-order valence-electron chi connectivity index (χ1n) is 9.07. The van der Waals surface area contributed by atoms with Crippen LogP contribution in [0.3, 0.4) is 0 Å². The Balaban J connectivity index is 0.00000300. The van der Waals surface area contributed by atoms with E-state index in [9.17, 15) is 18.0 Å². The Morgan fingerprint density at radius 3 is 2.76 bits per heavy atom. The van der Waals surface area contributed by atoms with E-state index in [1.165, 1.54) is 12.1 Å². The second-order valence-corrected chi connectivity index (χ2v) is 6.58. The predicted octanol–water partition coefficient (Wildman–Crippen LogP) is 2.76. The number of aromatic nitrogens is 3. The number of rotatable bonds is 6. The molecule has 1 aliphatic rings. The van der Waals surface area contributed by atoms with Crippen molar-refractivity contribution in [3.63, 3.8) is 0 Å². The molecule has 3 rings (SSSR count). The van der Waals surface area contributed by atoms with Gasteiger partial charge in [0.05, 0.1) is 23.8 Å². The minimum absolute atomic E-state index is 0. The van der Waals surface area contributed by atoms with Crippen molar-refractivity contribution in [3.8, 4) is 5.75 Å². The van der Waals surface area contributed by atoms with Crippen LogP contribution >= 0.6 is 12.4 Å². The van der Waals surface area contributed by atoms with E-state index >= 15 is 0 Å². The van der Waals surface area contributed by atoms with Gasteiger partial charge in [0.1, 0.15) is 12.4 Å². The molecule has 0 saturated carbocycles. The number of hydrogen-bond acceptors (Lipinski definition) is 5. The van der Waals surface area contributed by atoms with Crippen molar-refractivity contribution < 1.29 is 22.7 Å². The summed E-state index contributed by atoms with van der Waals surface area (Å²) in [6, 6.07) is 4.84. The van der Waals surface area contributed by atoms with Crippen LogP contribution in [0.2, 0.25) is 0 Å². The van der Waals surface area contributed by atoms with Crippen molar-refractivity contribution in [1.29, 1.82) is 0 Å². The summed E-state index contributed by atoms with van der Waals surface area (Å²) in [7, 11) is 0. The monoisotopic (exact) mass is 433 g/mol. The van der Waals surface area contributed by atoms with E-state index in [-0.39, 0.29) is 49.0 Å². The van der Waals surface area contributed by atoms with Gasteiger partial charge >= 0.3 is 6.18 Å². The van der Waals surface area contributed by atoms with Crippen LogP contribution in [-0.2, 0) is 6.18 Å². The van der Waals surface area contributed by atoms with Crippen LogP contribution in [0.1, 0.15) is 40.6 Å². The maximum Gasteiger partial charge on any atom is 0.416 e. The van der Waals surface area contributed by atoms with Gasteiger partial charge in [-0.25, -0.2) is 4.68 Å². The third-order valence-electron chi connectivity index (χ3n) is 4.61. The van der Waals surface area contributed by atoms with Crippen LogP contribution in [0.4, 0.5) is 13.2 Å². The molecule has 0 atom stereocenters. The number of alkyl halides is 3. The number of amides is 1. The van der Waals surface area contributed by atoms with E-state index in [2.05, 4.69) is 20.9 Å². The highest BCUT2D eigenvalue weighted by molar-refractivity contribution is 5.93. The molecule has 160 valence electrons. The van der Waals surface area contributed by atoms with E-state index in [1.807, 2.05) is 0 Å². The Hall–Kier alpha value is -2.33. The highest BCUT2D eigenvalue weighted by atomic mass is 35.5. The molecule has 2 aromatic rings. The lowest BCUT2D eigenvalue weighted by Crippen LogP contribution is -2.31. The van der Waals surface area contributed by atoms with Gasteiger partial charge in [-0.3, -0.25) is 4.79 Å². The number of ether oxygens (including phenoxy) is 1. The molecule has 2 N–H and O–H groups in total. The molecule has 0 radical (unpaired) electrons. The van der Waals surface area contributed by atoms with Crippen molar-refractivity contribution >= 4 is 18.3 Å². The summed E-state index contributed by atoms with van der Waals surface area (Å²) >= 11 is 0. The predicted molar refractivity (Wildman–Crippen MR) is 102 cm³/mol. The largest absolute Gasteiger partial charge is 0.492 e. The van der Waals surface area contributed by atoms with Crippen LogP contribution in [0.5, 0.6) is 5.75 Å². The van der Waals surface area contributed by atoms with E-state index < -0.39 is 11.7 Å². The van der Waals surface area contributed by atoms with Crippen molar-refractivity contribution in [2.75, 3.05) is 26.2 Å². The maximum atomic E-state index is 12.7. The number of hydrogen-bond donors (Lipinski definition) is 2. The molecule has 0 spiro atoms. The van der Waals surface area contributed by atoms with E-state index in [0.717, 1.165) is 38.1 Å². The first-order valence-corrected chi connectivity index (χ1v) is 9.07. The van der Waals surface area contributed by atoms with Gasteiger partial charge in [-0.2, -0.15) is 13.2 Å². The number of carbonyl (C=O) groups is 1. The third-order valence-corrected chi connectivity index (χ3v) is 4.61. The Labute approximate surface area is 172 Å². The van der Waals surface area contributed by atoms with Crippen LogP contribution in [0.25, 0.3) is 0 Å². The second kappa shape index (κ2) is 9.93. The van der Waals surface area contributed by atoms with E-state index in [1.54, 1.807) is 11.6 Å². The summed E-state index contributed by atoms with van der Waals surface area (Å²) in [5, 5.41) is 14.0. The van der Waals surface area contributed by atoms with Crippen LogP contribution in [-0.4, -0.2) is 47.1 Å². The molecule has 1 saturated heterocycles. The molecular formula is C18H23ClF3N5O2. The number of nitrogens with zero attached hydrogens (tertiary/aromatic N) is 3. The number of nitrogens with one attached hydrogen (secondary N) is 2. The fraction of sp³-hybridized carbons (Fsp3) is 0.500. The van der Waals surface area contributed by atoms with Gasteiger partial charge in [0.15, 0.2) is 5.69 Å². The smallest absolute Gasteiger partial charge is 0.416 e. The molecule has 0 unspecified atom stereocenters. The topological polar surface area (TPSA) is 81.1 Å². The van der Waals surface area contributed by atoms with Gasteiger partial charge in [0.2, 0.25) is 0 Å². The number of halogens is 4. The summed E-state index contributed by atoms with van der Waals surface area (Å²) in [6.45, 7) is 3.77. The molecule has 7 nitrogen and oxygen atoms in total. The molecule has 2 heterocycles. The molecule has 1 fully saturated rings. The molecule has 11 heteroatoms. The number of piperidine rings is 1. The second-order valence-electron chi connectivity index (χ2n) is 6.58. The molecular weight excluding hydrogens is 411 g/mol. The maximum absolute atomic E-state index is 12.7. The standard InChI is InChI=1S/C18H22F3N5O2.ClH/c1-12-16(24-25-26(12)14-5-7-22-8-6-14)17(27)23-9-10-28-15-4-2-3-13(11-15)18(19,20)21;/h2-4,11,14,22H,5-10H2,1H3,(H,23,27);1H. The third kappa shape index (κ3) is 5.83. The molecule has 29 heavy (non-hydrogen) atoms. The van der Waals surface area contributed by atoms with Crippen molar-refractivity contribution in [2.24, 2.45) is 0 Å². The Kier molecular flexibility index (Phi) is 7.86. The average Bonchev–Trinajstić information content (AvgIpc) is 3.07. The molecule has 0 bridgehead atoms. The summed E-state index contributed by atoms with van der Waals surface area (Å²) in [4.78, 5) is 12.3. The number of carbonyl (C=O) groups excluding carboxylic acids is 1. The highest BCUT2D eigenvalue weighted by Gasteiger charge is 2.30. The van der Waals surface area contributed by atoms with Crippen molar-refractivity contribution in [1.82, 2.24) is 25.6 Å². The quantitative estimate of drug-likeness (QED) is 0.685. The average molecular weight is 434 g/mol. The van der Waals surface area contributed by atoms with Crippen LogP contribution in [0.15, 0.2) is 24.3 Å². The lowest BCUT2D eigenvalue weighted by Gasteiger charge is -2.23. The summed E-state index contributed by atoms with van der Waals surface area (Å²) in [5.74, 6) is -0.289. The van der Waals surface area contributed by atoms with Gasteiger partial charge < -0.3 is 15.4 Å². The molecule has 1 aliphatic heterocycles. The normalized spacial score (nSPS) is 14.9. The molecule has 0 aliphatic carbocycles. The van der Waals surface area contributed by atoms with Crippen LogP contribution < -0.4 is 15.4 Å². The zero-order valence-electron chi connectivity index (χ0n) is 15.8. The zero-order valence-corrected chi connectivity index (χ0v) is 16.6. The fourth-order valence-corrected chi connectivity index (χ4v) is 3.13. The Morgan fingerprint density at radius 1 is 1.34 bits per heavy atom. The summed E-state index contributed by atoms with van der Waals surface area (Å²) in [5.41, 5.74) is 0.167. The summed E-state index contributed by atoms with van der Waals surface area (Å²) < 4.78 is 45.2. The van der Waals surface area contributed by atoms with E-state index in [0.29, 0.717) is 5.69 Å².